The Morgan fingerprint density at radius 1 is 0.955 bits per heavy atom. The second-order valence-electron chi connectivity index (χ2n) is 6.16. The van der Waals surface area contributed by atoms with Crippen LogP contribution in [0.15, 0.2) is 54.6 Å². The number of rotatable bonds is 3. The van der Waals surface area contributed by atoms with Crippen LogP contribution in [-0.4, -0.2) is 24.4 Å². The molecule has 112 valence electrons. The summed E-state index contributed by atoms with van der Waals surface area (Å²) in [6, 6.07) is 16.7. The highest BCUT2D eigenvalue weighted by Gasteiger charge is 2.42. The zero-order valence-electron chi connectivity index (χ0n) is 13.6. The van der Waals surface area contributed by atoms with E-state index in [1.54, 1.807) is 7.11 Å². The quantitative estimate of drug-likeness (QED) is 0.763. The molecule has 2 heteroatoms. The van der Waals surface area contributed by atoms with Gasteiger partial charge in [-0.1, -0.05) is 36.4 Å². The molecule has 0 radical (unpaired) electrons. The molecule has 0 saturated heterocycles. The maximum Gasteiger partial charge on any atom is 0.209 e. The van der Waals surface area contributed by atoms with E-state index in [9.17, 15) is 0 Å². The number of nitrogens with zero attached hydrogens (tertiary/aromatic N) is 1. The average Bonchev–Trinajstić information content (AvgIpc) is 2.73. The van der Waals surface area contributed by atoms with Crippen molar-refractivity contribution in [3.05, 3.63) is 65.7 Å². The summed E-state index contributed by atoms with van der Waals surface area (Å²) in [6.45, 7) is 4.55. The smallest absolute Gasteiger partial charge is 0.209 e. The minimum Gasteiger partial charge on any atom is -0.496 e. The Bertz CT molecular complexity index is 769. The van der Waals surface area contributed by atoms with Crippen molar-refractivity contribution in [1.82, 2.24) is 0 Å². The van der Waals surface area contributed by atoms with Crippen LogP contribution in [-0.2, 0) is 5.41 Å². The Balaban J connectivity index is 2.03. The van der Waals surface area contributed by atoms with Gasteiger partial charge in [0.05, 0.1) is 12.5 Å². The van der Waals surface area contributed by atoms with Gasteiger partial charge in [0.25, 0.3) is 0 Å². The van der Waals surface area contributed by atoms with Crippen LogP contribution >= 0.6 is 0 Å². The van der Waals surface area contributed by atoms with Crippen molar-refractivity contribution in [2.75, 3.05) is 14.2 Å². The number of methoxy groups -OCH3 is 1. The first kappa shape index (κ1) is 14.6. The topological polar surface area (TPSA) is 12.2 Å². The number of hydrogen-bond acceptors (Lipinski definition) is 1. The van der Waals surface area contributed by atoms with Gasteiger partial charge in [0.15, 0.2) is 5.71 Å². The van der Waals surface area contributed by atoms with Crippen molar-refractivity contribution in [3.8, 4) is 5.75 Å². The third-order valence-electron chi connectivity index (χ3n) is 4.50. The van der Waals surface area contributed by atoms with E-state index in [2.05, 4.69) is 68.0 Å². The Kier molecular flexibility index (Phi) is 3.61. The minimum atomic E-state index is 0.00383. The van der Waals surface area contributed by atoms with E-state index in [4.69, 9.17) is 4.74 Å². The van der Waals surface area contributed by atoms with Gasteiger partial charge in [-0.2, -0.15) is 4.58 Å². The van der Waals surface area contributed by atoms with Crippen molar-refractivity contribution in [2.45, 2.75) is 19.3 Å². The first-order valence-corrected chi connectivity index (χ1v) is 7.57. The SMILES string of the molecule is COc1ccccc1C=CC1=[N+](C)c2ccccc2C1(C)C. The Morgan fingerprint density at radius 2 is 1.64 bits per heavy atom. The third-order valence-corrected chi connectivity index (χ3v) is 4.50. The highest BCUT2D eigenvalue weighted by atomic mass is 16.5. The van der Waals surface area contributed by atoms with E-state index in [1.807, 2.05) is 18.2 Å². The molecule has 0 amide bonds. The van der Waals surface area contributed by atoms with Gasteiger partial charge < -0.3 is 4.74 Å². The molecule has 0 saturated carbocycles. The predicted molar refractivity (Wildman–Crippen MR) is 92.3 cm³/mol. The molecule has 1 aliphatic rings. The highest BCUT2D eigenvalue weighted by molar-refractivity contribution is 6.05. The lowest BCUT2D eigenvalue weighted by atomic mass is 9.81. The molecule has 2 aromatic carbocycles. The minimum absolute atomic E-state index is 0.00383. The van der Waals surface area contributed by atoms with Crippen LogP contribution in [0.3, 0.4) is 0 Å². The van der Waals surface area contributed by atoms with E-state index in [1.165, 1.54) is 17.0 Å². The lowest BCUT2D eigenvalue weighted by molar-refractivity contribution is -0.401. The maximum atomic E-state index is 5.43. The summed E-state index contributed by atoms with van der Waals surface area (Å²) < 4.78 is 7.71. The fourth-order valence-corrected chi connectivity index (χ4v) is 3.27. The van der Waals surface area contributed by atoms with Crippen LogP contribution in [0.4, 0.5) is 5.69 Å². The van der Waals surface area contributed by atoms with Gasteiger partial charge in [-0.05, 0) is 26.0 Å². The van der Waals surface area contributed by atoms with Crippen molar-refractivity contribution < 1.29 is 9.31 Å². The number of benzene rings is 2. The summed E-state index contributed by atoms with van der Waals surface area (Å²) in [5.74, 6) is 0.898. The van der Waals surface area contributed by atoms with Crippen LogP contribution in [0, 0.1) is 0 Å². The zero-order chi connectivity index (χ0) is 15.7. The van der Waals surface area contributed by atoms with E-state index >= 15 is 0 Å². The summed E-state index contributed by atoms with van der Waals surface area (Å²) in [6.07, 6.45) is 4.34. The van der Waals surface area contributed by atoms with Crippen molar-refractivity contribution in [3.63, 3.8) is 0 Å². The molecule has 0 bridgehead atoms. The molecule has 0 fully saturated rings. The molecule has 0 spiro atoms. The number of allylic oxidation sites excluding steroid dienone is 1. The van der Waals surface area contributed by atoms with Gasteiger partial charge in [-0.3, -0.25) is 0 Å². The molecule has 1 aliphatic heterocycles. The summed E-state index contributed by atoms with van der Waals surface area (Å²) in [7, 11) is 3.84. The van der Waals surface area contributed by atoms with Crippen molar-refractivity contribution in [1.29, 1.82) is 0 Å². The molecule has 0 N–H and O–H groups in total. The third kappa shape index (κ3) is 2.25. The fourth-order valence-electron chi connectivity index (χ4n) is 3.27. The molecular formula is C20H22NO+. The highest BCUT2D eigenvalue weighted by Crippen LogP contribution is 2.39. The van der Waals surface area contributed by atoms with E-state index < -0.39 is 0 Å². The van der Waals surface area contributed by atoms with Crippen LogP contribution in [0.1, 0.15) is 25.0 Å². The van der Waals surface area contributed by atoms with Gasteiger partial charge in [0.2, 0.25) is 5.69 Å². The van der Waals surface area contributed by atoms with Crippen LogP contribution in [0.5, 0.6) is 5.75 Å². The molecule has 0 atom stereocenters. The van der Waals surface area contributed by atoms with Gasteiger partial charge in [0, 0.05) is 23.3 Å². The molecule has 1 heterocycles. The van der Waals surface area contributed by atoms with Crippen LogP contribution in [0.2, 0.25) is 0 Å². The zero-order valence-corrected chi connectivity index (χ0v) is 13.6. The van der Waals surface area contributed by atoms with Gasteiger partial charge in [-0.15, -0.1) is 0 Å². The number of para-hydroxylation sites is 2. The lowest BCUT2D eigenvalue weighted by Gasteiger charge is -2.15. The monoisotopic (exact) mass is 292 g/mol. The van der Waals surface area contributed by atoms with Crippen molar-refractivity contribution in [2.24, 2.45) is 0 Å². The largest absolute Gasteiger partial charge is 0.496 e. The number of ether oxygens (including phenoxy) is 1. The standard InChI is InChI=1S/C20H22NO/c1-20(2)16-10-6-7-11-17(16)21(3)19(20)14-13-15-9-5-8-12-18(15)22-4/h5-14H,1-4H3/q+1. The first-order chi connectivity index (χ1) is 10.6. The van der Waals surface area contributed by atoms with E-state index in [0.717, 1.165) is 11.3 Å². The Hall–Kier alpha value is -2.35. The molecule has 3 rings (SSSR count). The summed E-state index contributed by atoms with van der Waals surface area (Å²) in [5.41, 5.74) is 5.05. The predicted octanol–water partition coefficient (Wildman–Crippen LogP) is 4.41. The van der Waals surface area contributed by atoms with Gasteiger partial charge >= 0.3 is 0 Å². The lowest BCUT2D eigenvalue weighted by Crippen LogP contribution is -2.26. The molecule has 0 unspecified atom stereocenters. The van der Waals surface area contributed by atoms with Crippen molar-refractivity contribution >= 4 is 17.5 Å². The molecule has 22 heavy (non-hydrogen) atoms. The second kappa shape index (κ2) is 5.45. The van der Waals surface area contributed by atoms with Gasteiger partial charge in [0.1, 0.15) is 12.8 Å². The molecular weight excluding hydrogens is 270 g/mol. The number of fused-ring (bicyclic) bond motifs is 1. The normalized spacial score (nSPS) is 16.2. The van der Waals surface area contributed by atoms with Crippen LogP contribution < -0.4 is 4.74 Å². The first-order valence-electron chi connectivity index (χ1n) is 7.57. The molecule has 0 aromatic heterocycles. The summed E-state index contributed by atoms with van der Waals surface area (Å²) >= 11 is 0. The second-order valence-corrected chi connectivity index (χ2v) is 6.16. The van der Waals surface area contributed by atoms with Crippen LogP contribution in [0.25, 0.3) is 6.08 Å². The summed E-state index contributed by atoms with van der Waals surface area (Å²) in [5, 5.41) is 0. The molecule has 2 aromatic rings. The van der Waals surface area contributed by atoms with E-state index in [0.29, 0.717) is 0 Å². The average molecular weight is 292 g/mol. The van der Waals surface area contributed by atoms with Gasteiger partial charge in [-0.25, -0.2) is 0 Å². The number of hydrogen-bond donors (Lipinski definition) is 0. The fraction of sp³-hybridized carbons (Fsp3) is 0.250. The Morgan fingerprint density at radius 3 is 2.36 bits per heavy atom. The molecule has 2 nitrogen and oxygen atoms in total. The molecule has 0 aliphatic carbocycles. The summed E-state index contributed by atoms with van der Waals surface area (Å²) in [4.78, 5) is 0. The van der Waals surface area contributed by atoms with E-state index in [-0.39, 0.29) is 5.41 Å². The Labute approximate surface area is 132 Å². The maximum absolute atomic E-state index is 5.43.